The Morgan fingerprint density at radius 2 is 2.29 bits per heavy atom. The van der Waals surface area contributed by atoms with Crippen LogP contribution < -0.4 is 10.6 Å². The van der Waals surface area contributed by atoms with Gasteiger partial charge in [0.25, 0.3) is 5.91 Å². The molecule has 4 nitrogen and oxygen atoms in total. The molecule has 5 heteroatoms. The molecule has 0 saturated heterocycles. The van der Waals surface area contributed by atoms with Crippen LogP contribution in [0.2, 0.25) is 5.02 Å². The number of aromatic nitrogens is 1. The predicted molar refractivity (Wildman–Crippen MR) is 86.9 cm³/mol. The first-order valence-electron chi connectivity index (χ1n) is 7.61. The number of carbonyl (C=O) groups is 1. The van der Waals surface area contributed by atoms with Gasteiger partial charge in [-0.25, -0.2) is 4.98 Å². The molecule has 1 aromatic heterocycles. The van der Waals surface area contributed by atoms with E-state index in [1.807, 2.05) is 6.92 Å². The van der Waals surface area contributed by atoms with Crippen LogP contribution in [0.4, 0.5) is 5.82 Å². The maximum absolute atomic E-state index is 12.5. The van der Waals surface area contributed by atoms with Gasteiger partial charge in [0.15, 0.2) is 0 Å². The first kappa shape index (κ1) is 16.1. The molecule has 1 aliphatic rings. The van der Waals surface area contributed by atoms with Gasteiger partial charge in [0, 0.05) is 18.8 Å². The summed E-state index contributed by atoms with van der Waals surface area (Å²) < 4.78 is 0. The van der Waals surface area contributed by atoms with E-state index in [-0.39, 0.29) is 11.9 Å². The van der Waals surface area contributed by atoms with Gasteiger partial charge in [-0.3, -0.25) is 4.79 Å². The lowest BCUT2D eigenvalue weighted by Crippen LogP contribution is -2.40. The van der Waals surface area contributed by atoms with E-state index in [0.717, 1.165) is 25.8 Å². The fraction of sp³-hybridized carbons (Fsp3) is 0.625. The molecule has 0 aliphatic heterocycles. The Morgan fingerprint density at radius 1 is 1.52 bits per heavy atom. The average Bonchev–Trinajstić information content (AvgIpc) is 2.40. The molecule has 21 heavy (non-hydrogen) atoms. The molecule has 2 rings (SSSR count). The molecule has 0 radical (unpaired) electrons. The zero-order chi connectivity index (χ0) is 15.5. The predicted octanol–water partition coefficient (Wildman–Crippen LogP) is 3.87. The lowest BCUT2D eigenvalue weighted by Gasteiger charge is -2.35. The molecule has 1 atom stereocenters. The Balaban J connectivity index is 2.07. The number of hydrogen-bond donors (Lipinski definition) is 2. The Kier molecular flexibility index (Phi) is 5.09. The Labute approximate surface area is 131 Å². The molecule has 0 aromatic carbocycles. The molecule has 0 bridgehead atoms. The summed E-state index contributed by atoms with van der Waals surface area (Å²) in [5.74, 6) is 0.570. The van der Waals surface area contributed by atoms with Gasteiger partial charge in [0.1, 0.15) is 5.82 Å². The number of halogens is 1. The van der Waals surface area contributed by atoms with Gasteiger partial charge < -0.3 is 10.6 Å². The number of nitrogens with one attached hydrogen (secondary N) is 2. The second-order valence-corrected chi connectivity index (χ2v) is 6.92. The van der Waals surface area contributed by atoms with E-state index in [2.05, 4.69) is 29.5 Å². The minimum Gasteiger partial charge on any atom is -0.370 e. The van der Waals surface area contributed by atoms with Gasteiger partial charge in [-0.15, -0.1) is 0 Å². The number of anilines is 1. The number of nitrogens with zero attached hydrogens (tertiary/aromatic N) is 1. The van der Waals surface area contributed by atoms with Crippen molar-refractivity contribution in [3.8, 4) is 0 Å². The quantitative estimate of drug-likeness (QED) is 0.888. The Bertz CT molecular complexity index is 516. The molecule has 1 aromatic rings. The topological polar surface area (TPSA) is 54.0 Å². The summed E-state index contributed by atoms with van der Waals surface area (Å²) in [7, 11) is 0. The summed E-state index contributed by atoms with van der Waals surface area (Å²) in [5, 5.41) is 6.61. The molecule has 1 aliphatic carbocycles. The third-order valence-electron chi connectivity index (χ3n) is 4.00. The van der Waals surface area contributed by atoms with E-state index >= 15 is 0 Å². The van der Waals surface area contributed by atoms with Crippen molar-refractivity contribution in [1.82, 2.24) is 10.3 Å². The lowest BCUT2D eigenvalue weighted by molar-refractivity contribution is 0.0902. The molecule has 1 saturated carbocycles. The zero-order valence-corrected chi connectivity index (χ0v) is 13.8. The minimum atomic E-state index is -0.107. The van der Waals surface area contributed by atoms with Crippen LogP contribution in [0.1, 0.15) is 56.8 Å². The van der Waals surface area contributed by atoms with Crippen molar-refractivity contribution in [2.45, 2.75) is 52.5 Å². The summed E-state index contributed by atoms with van der Waals surface area (Å²) in [4.78, 5) is 16.6. The van der Waals surface area contributed by atoms with Crippen molar-refractivity contribution in [1.29, 1.82) is 0 Å². The van der Waals surface area contributed by atoms with Crippen molar-refractivity contribution in [3.05, 3.63) is 22.8 Å². The van der Waals surface area contributed by atoms with Gasteiger partial charge in [-0.2, -0.15) is 0 Å². The summed E-state index contributed by atoms with van der Waals surface area (Å²) >= 11 is 6.11. The van der Waals surface area contributed by atoms with E-state index in [9.17, 15) is 4.79 Å². The summed E-state index contributed by atoms with van der Waals surface area (Å²) in [6.07, 6.45) is 5.96. The lowest BCUT2D eigenvalue weighted by atomic mass is 9.75. The van der Waals surface area contributed by atoms with Crippen molar-refractivity contribution < 1.29 is 4.79 Å². The Hall–Kier alpha value is -1.29. The number of amides is 1. The molecule has 1 fully saturated rings. The van der Waals surface area contributed by atoms with Crippen molar-refractivity contribution in [2.24, 2.45) is 5.41 Å². The normalized spacial score (nSPS) is 20.9. The second kappa shape index (κ2) is 6.65. The highest BCUT2D eigenvalue weighted by atomic mass is 35.5. The van der Waals surface area contributed by atoms with Crippen LogP contribution in [-0.4, -0.2) is 23.5 Å². The number of hydrogen-bond acceptors (Lipinski definition) is 3. The summed E-state index contributed by atoms with van der Waals surface area (Å²) in [6.45, 7) is 7.26. The molecular weight excluding hydrogens is 286 g/mol. The zero-order valence-electron chi connectivity index (χ0n) is 13.0. The average molecular weight is 310 g/mol. The molecule has 116 valence electrons. The smallest absolute Gasteiger partial charge is 0.253 e. The number of carbonyl (C=O) groups excluding carboxylic acids is 1. The summed E-state index contributed by atoms with van der Waals surface area (Å²) in [5.41, 5.74) is 0.790. The molecule has 1 unspecified atom stereocenters. The SMILES string of the molecule is CCNc1cc(C(=O)NC2CCCC(C)(C)C2)c(Cl)cn1. The van der Waals surface area contributed by atoms with E-state index in [1.54, 1.807) is 6.07 Å². The van der Waals surface area contributed by atoms with E-state index < -0.39 is 0 Å². The highest BCUT2D eigenvalue weighted by molar-refractivity contribution is 6.33. The number of pyridine rings is 1. The van der Waals surface area contributed by atoms with Gasteiger partial charge in [0.2, 0.25) is 0 Å². The van der Waals surface area contributed by atoms with Crippen LogP contribution in [0.5, 0.6) is 0 Å². The number of rotatable bonds is 4. The van der Waals surface area contributed by atoms with Crippen LogP contribution >= 0.6 is 11.6 Å². The minimum absolute atomic E-state index is 0.107. The fourth-order valence-corrected chi connectivity index (χ4v) is 3.16. The van der Waals surface area contributed by atoms with E-state index in [0.29, 0.717) is 21.8 Å². The van der Waals surface area contributed by atoms with Gasteiger partial charge >= 0.3 is 0 Å². The van der Waals surface area contributed by atoms with E-state index in [1.165, 1.54) is 12.6 Å². The molecule has 0 spiro atoms. The van der Waals surface area contributed by atoms with Gasteiger partial charge in [-0.1, -0.05) is 31.9 Å². The van der Waals surface area contributed by atoms with Crippen LogP contribution in [0.25, 0.3) is 0 Å². The maximum Gasteiger partial charge on any atom is 0.253 e. The van der Waals surface area contributed by atoms with Crippen molar-refractivity contribution >= 4 is 23.3 Å². The van der Waals surface area contributed by atoms with E-state index in [4.69, 9.17) is 11.6 Å². The van der Waals surface area contributed by atoms with Crippen LogP contribution in [0, 0.1) is 5.41 Å². The second-order valence-electron chi connectivity index (χ2n) is 6.51. The molecular formula is C16H24ClN3O. The van der Waals surface area contributed by atoms with Crippen LogP contribution in [0.15, 0.2) is 12.3 Å². The monoisotopic (exact) mass is 309 g/mol. The standard InChI is InChI=1S/C16H24ClN3O/c1-4-18-14-8-12(13(17)10-19-14)15(21)20-11-6-5-7-16(2,3)9-11/h8,10-11H,4-7,9H2,1-3H3,(H,18,19)(H,20,21). The molecule has 1 heterocycles. The third kappa shape index (κ3) is 4.34. The first-order valence-corrected chi connectivity index (χ1v) is 7.99. The van der Waals surface area contributed by atoms with Gasteiger partial charge in [-0.05, 0) is 37.7 Å². The molecule has 1 amide bonds. The fourth-order valence-electron chi connectivity index (χ4n) is 2.98. The summed E-state index contributed by atoms with van der Waals surface area (Å²) in [6, 6.07) is 1.95. The third-order valence-corrected chi connectivity index (χ3v) is 4.30. The maximum atomic E-state index is 12.5. The Morgan fingerprint density at radius 3 is 2.95 bits per heavy atom. The van der Waals surface area contributed by atoms with Gasteiger partial charge in [0.05, 0.1) is 10.6 Å². The highest BCUT2D eigenvalue weighted by Gasteiger charge is 2.29. The highest BCUT2D eigenvalue weighted by Crippen LogP contribution is 2.35. The largest absolute Gasteiger partial charge is 0.370 e. The van der Waals surface area contributed by atoms with Crippen molar-refractivity contribution in [3.63, 3.8) is 0 Å². The van der Waals surface area contributed by atoms with Crippen LogP contribution in [0.3, 0.4) is 0 Å². The first-order chi connectivity index (χ1) is 9.91. The van der Waals surface area contributed by atoms with Crippen LogP contribution in [-0.2, 0) is 0 Å². The molecule has 2 N–H and O–H groups in total. The van der Waals surface area contributed by atoms with Crippen molar-refractivity contribution in [2.75, 3.05) is 11.9 Å².